The number of rotatable bonds is 20. The van der Waals surface area contributed by atoms with E-state index in [0.717, 1.165) is 0 Å². The molecule has 1 aliphatic rings. The van der Waals surface area contributed by atoms with Crippen LogP contribution in [0, 0.1) is 0 Å². The average Bonchev–Trinajstić information content (AvgIpc) is 2.77. The van der Waals surface area contributed by atoms with Crippen LogP contribution >= 0.6 is 0 Å². The maximum absolute atomic E-state index is 6.98. The molecule has 0 atom stereocenters. The van der Waals surface area contributed by atoms with Gasteiger partial charge in [0.25, 0.3) is 0 Å². The van der Waals surface area contributed by atoms with Crippen LogP contribution in [-0.4, -0.2) is 106 Å². The molecule has 1 aliphatic heterocycles. The second-order valence-corrected chi connectivity index (χ2v) is 26.1. The summed E-state index contributed by atoms with van der Waals surface area (Å²) in [6.07, 6.45) is -5.04. The molecule has 1 saturated heterocycles. The van der Waals surface area contributed by atoms with Crippen molar-refractivity contribution in [3.05, 3.63) is 0 Å². The summed E-state index contributed by atoms with van der Waals surface area (Å²) < 4.78 is 101. The maximum Gasteiger partial charge on any atom is 0.668 e. The van der Waals surface area contributed by atoms with Crippen molar-refractivity contribution in [3.63, 3.8) is 0 Å². The third-order valence-electron chi connectivity index (χ3n) is 5.05. The minimum atomic E-state index is -4.63. The minimum absolute atomic E-state index is 0.504. The van der Waals surface area contributed by atoms with Crippen LogP contribution in [0.3, 0.4) is 0 Å². The van der Waals surface area contributed by atoms with Gasteiger partial charge in [-0.15, -0.1) is 0 Å². The number of hydrogen-bond acceptors (Lipinski definition) is 15. The predicted molar refractivity (Wildman–Crippen MR) is 196 cm³/mol. The van der Waals surface area contributed by atoms with Gasteiger partial charge in [-0.3, -0.25) is 0 Å². The largest absolute Gasteiger partial charge is 0.668 e. The maximum atomic E-state index is 6.98. The van der Waals surface area contributed by atoms with E-state index in [2.05, 4.69) is 0 Å². The smallest absolute Gasteiger partial charge is 0.350 e. The van der Waals surface area contributed by atoms with E-state index in [-0.39, 0.29) is 0 Å². The molecular weight excluding hydrogens is 741 g/mol. The summed E-state index contributed by atoms with van der Waals surface area (Å²) >= 11 is 0. The molecule has 20 heteroatoms. The second kappa shape index (κ2) is 20.4. The molecule has 0 aromatic heterocycles. The lowest BCUT2D eigenvalue weighted by Gasteiger charge is -2.48. The molecule has 1 fully saturated rings. The normalized spacial score (nSPS) is 21.0. The monoisotopic (exact) mass is 810 g/mol. The van der Waals surface area contributed by atoms with Crippen molar-refractivity contribution in [3.8, 4) is 0 Å². The van der Waals surface area contributed by atoms with E-state index in [0.29, 0.717) is 0 Å². The third kappa shape index (κ3) is 16.9. The summed E-state index contributed by atoms with van der Waals surface area (Å²) in [4.78, 5) is 0. The van der Waals surface area contributed by atoms with Gasteiger partial charge in [0.1, 0.15) is 0 Å². The highest BCUT2D eigenvalue weighted by Crippen LogP contribution is 2.39. The van der Waals surface area contributed by atoms with Crippen molar-refractivity contribution in [2.45, 2.75) is 200 Å². The Kier molecular flexibility index (Phi) is 19.8. The van der Waals surface area contributed by atoms with Crippen molar-refractivity contribution in [1.82, 2.24) is 0 Å². The van der Waals surface area contributed by atoms with Crippen LogP contribution in [-0.2, 0) is 64.8 Å². The molecule has 0 N–H and O–H groups in total. The van der Waals surface area contributed by atoms with E-state index in [1.807, 2.05) is 138 Å². The molecular formula is C30H70O15Si5. The van der Waals surface area contributed by atoms with Crippen molar-refractivity contribution in [2.24, 2.45) is 0 Å². The van der Waals surface area contributed by atoms with Gasteiger partial charge in [-0.1, -0.05) is 0 Å². The Morgan fingerprint density at radius 1 is 0.200 bits per heavy atom. The molecule has 0 unspecified atom stereocenters. The van der Waals surface area contributed by atoms with Crippen LogP contribution in [0.25, 0.3) is 0 Å². The van der Waals surface area contributed by atoms with E-state index in [1.54, 1.807) is 0 Å². The molecule has 0 aromatic carbocycles. The Morgan fingerprint density at radius 3 is 0.340 bits per heavy atom. The van der Waals surface area contributed by atoms with E-state index < -0.39 is 106 Å². The zero-order valence-electron chi connectivity index (χ0n) is 34.4. The molecule has 0 bridgehead atoms. The van der Waals surface area contributed by atoms with Crippen LogP contribution in [0.1, 0.15) is 138 Å². The van der Waals surface area contributed by atoms with Gasteiger partial charge in [0, 0.05) is 61.0 Å². The first-order valence-corrected chi connectivity index (χ1v) is 26.2. The topological polar surface area (TPSA) is 138 Å². The third-order valence-corrected chi connectivity index (χ3v) is 22.7. The first-order chi connectivity index (χ1) is 22.7. The van der Waals surface area contributed by atoms with Gasteiger partial charge in [0.15, 0.2) is 0 Å². The Labute approximate surface area is 308 Å². The van der Waals surface area contributed by atoms with Gasteiger partial charge >= 0.3 is 45.2 Å². The lowest BCUT2D eigenvalue weighted by molar-refractivity contribution is -0.137. The zero-order chi connectivity index (χ0) is 38.9. The lowest BCUT2D eigenvalue weighted by atomic mass is 10.5. The highest BCUT2D eigenvalue weighted by molar-refractivity contribution is 6.83. The Balaban J connectivity index is 4.72. The highest BCUT2D eigenvalue weighted by atomic mass is 28.6. The van der Waals surface area contributed by atoms with Crippen LogP contribution in [0.4, 0.5) is 0 Å². The first kappa shape index (κ1) is 48.5. The summed E-state index contributed by atoms with van der Waals surface area (Å²) in [7, 11) is -23.1. The standard InChI is InChI=1S/C30H70O15Si5/c1-21(2)31-46(32-22(3)4)41-47(33-23(5)6,34-24(7)8)43-49(37-27(13)14,38-28(15)16)45-50(39-29(17)18,40-30(19)20)44-48(42-46,35-25(9)10)36-26(11)12/h21-30H,1-20H3. The van der Waals surface area contributed by atoms with E-state index in [1.165, 1.54) is 0 Å². The van der Waals surface area contributed by atoms with Crippen molar-refractivity contribution < 1.29 is 64.8 Å². The summed E-state index contributed by atoms with van der Waals surface area (Å²) in [5, 5.41) is 0. The van der Waals surface area contributed by atoms with Gasteiger partial charge in [0.2, 0.25) is 0 Å². The quantitative estimate of drug-likeness (QED) is 0.123. The average molecular weight is 811 g/mol. The molecule has 0 saturated carbocycles. The van der Waals surface area contributed by atoms with Gasteiger partial charge < -0.3 is 64.8 Å². The lowest BCUT2D eigenvalue weighted by Crippen LogP contribution is -2.77. The van der Waals surface area contributed by atoms with Gasteiger partial charge in [-0.2, -0.15) is 0 Å². The molecule has 0 radical (unpaired) electrons. The molecule has 50 heavy (non-hydrogen) atoms. The first-order valence-electron chi connectivity index (χ1n) is 18.0. The highest BCUT2D eigenvalue weighted by Gasteiger charge is 2.77. The molecule has 0 aliphatic carbocycles. The Morgan fingerprint density at radius 2 is 0.280 bits per heavy atom. The van der Waals surface area contributed by atoms with E-state index in [9.17, 15) is 0 Å². The Bertz CT molecular complexity index is 725. The molecule has 0 aromatic rings. The molecule has 1 heterocycles. The van der Waals surface area contributed by atoms with Gasteiger partial charge in [-0.25, -0.2) is 0 Å². The summed E-state index contributed by atoms with van der Waals surface area (Å²) in [5.74, 6) is 0. The van der Waals surface area contributed by atoms with E-state index >= 15 is 0 Å². The second-order valence-electron chi connectivity index (χ2n) is 14.7. The van der Waals surface area contributed by atoms with Crippen molar-refractivity contribution in [2.75, 3.05) is 0 Å². The van der Waals surface area contributed by atoms with Crippen LogP contribution in [0.15, 0.2) is 0 Å². The fraction of sp³-hybridized carbons (Fsp3) is 1.00. The fourth-order valence-corrected chi connectivity index (χ4v) is 23.1. The summed E-state index contributed by atoms with van der Waals surface area (Å²) in [6, 6.07) is 0. The van der Waals surface area contributed by atoms with E-state index in [4.69, 9.17) is 64.8 Å². The SMILES string of the molecule is CC(C)O[Si]1(OC(C)C)O[Si](OC(C)C)(OC(C)C)O[Si](OC(C)C)(OC(C)C)O[Si](OC(C)C)(OC(C)C)O[Si](OC(C)C)(OC(C)C)O1. The number of hydrogen-bond donors (Lipinski definition) is 0. The molecule has 1 rings (SSSR count). The zero-order valence-corrected chi connectivity index (χ0v) is 39.4. The van der Waals surface area contributed by atoms with Crippen molar-refractivity contribution >= 4 is 45.2 Å². The fourth-order valence-electron chi connectivity index (χ4n) is 4.38. The van der Waals surface area contributed by atoms with Gasteiger partial charge in [-0.05, 0) is 138 Å². The molecule has 0 spiro atoms. The molecule has 0 amide bonds. The van der Waals surface area contributed by atoms with Crippen LogP contribution in [0.2, 0.25) is 0 Å². The van der Waals surface area contributed by atoms with Crippen molar-refractivity contribution in [1.29, 1.82) is 0 Å². The van der Waals surface area contributed by atoms with Crippen LogP contribution < -0.4 is 0 Å². The van der Waals surface area contributed by atoms with Crippen LogP contribution in [0.5, 0.6) is 0 Å². The summed E-state index contributed by atoms with van der Waals surface area (Å²) in [6.45, 7) is 36.5. The molecule has 300 valence electrons. The molecule has 15 nitrogen and oxygen atoms in total. The van der Waals surface area contributed by atoms with Gasteiger partial charge in [0.05, 0.1) is 0 Å². The minimum Gasteiger partial charge on any atom is -0.350 e. The Hall–Kier alpha value is 0.484. The predicted octanol–water partition coefficient (Wildman–Crippen LogP) is 6.51. The summed E-state index contributed by atoms with van der Waals surface area (Å²) in [5.41, 5.74) is 0.